The lowest BCUT2D eigenvalue weighted by Gasteiger charge is -2.34. The van der Waals surface area contributed by atoms with Crippen LogP contribution in [-0.2, 0) is 0 Å². The van der Waals surface area contributed by atoms with Gasteiger partial charge in [0, 0.05) is 10.9 Å². The van der Waals surface area contributed by atoms with E-state index in [0.717, 1.165) is 11.8 Å². The molecule has 1 heterocycles. The smallest absolute Gasteiger partial charge is 0.0701 e. The van der Waals surface area contributed by atoms with Crippen LogP contribution in [0.5, 0.6) is 0 Å². The summed E-state index contributed by atoms with van der Waals surface area (Å²) in [5.74, 6) is 2.34. The van der Waals surface area contributed by atoms with E-state index >= 15 is 0 Å². The molecule has 0 amide bonds. The van der Waals surface area contributed by atoms with E-state index in [4.69, 9.17) is 5.73 Å². The van der Waals surface area contributed by atoms with Gasteiger partial charge in [0.15, 0.2) is 0 Å². The van der Waals surface area contributed by atoms with Crippen LogP contribution in [0.4, 0.5) is 0 Å². The van der Waals surface area contributed by atoms with Gasteiger partial charge in [-0.3, -0.25) is 0 Å². The molecule has 0 bridgehead atoms. The Labute approximate surface area is 111 Å². The normalized spacial score (nSPS) is 32.6. The predicted octanol–water partition coefficient (Wildman–Crippen LogP) is 4.58. The van der Waals surface area contributed by atoms with Crippen LogP contribution in [0.1, 0.15) is 44.0 Å². The summed E-state index contributed by atoms with van der Waals surface area (Å²) in [7, 11) is 0. The Morgan fingerprint density at radius 3 is 2.38 bits per heavy atom. The molecule has 1 aromatic rings. The fourth-order valence-electron chi connectivity index (χ4n) is 3.04. The van der Waals surface area contributed by atoms with Crippen molar-refractivity contribution in [1.82, 2.24) is 0 Å². The summed E-state index contributed by atoms with van der Waals surface area (Å²) < 4.78 is 1.19. The standard InChI is InChI=1S/C13H20BrNS/c1-8-5-9(2)7-10(6-8)13(15)11-3-4-12(14)16-11/h3-4,8-10,13H,5-7,15H2,1-2H3. The first-order valence-electron chi connectivity index (χ1n) is 6.07. The van der Waals surface area contributed by atoms with Crippen LogP contribution in [0.15, 0.2) is 15.9 Å². The number of nitrogens with two attached hydrogens (primary N) is 1. The fraction of sp³-hybridized carbons (Fsp3) is 0.692. The summed E-state index contributed by atoms with van der Waals surface area (Å²) in [6.45, 7) is 4.72. The third-order valence-electron chi connectivity index (χ3n) is 3.65. The van der Waals surface area contributed by atoms with Crippen molar-refractivity contribution in [1.29, 1.82) is 0 Å². The highest BCUT2D eigenvalue weighted by Crippen LogP contribution is 2.40. The lowest BCUT2D eigenvalue weighted by Crippen LogP contribution is -2.28. The minimum atomic E-state index is 0.237. The van der Waals surface area contributed by atoms with Gasteiger partial charge in [0.2, 0.25) is 0 Å². The molecule has 1 aromatic heterocycles. The number of rotatable bonds is 2. The molecule has 0 saturated heterocycles. The van der Waals surface area contributed by atoms with Crippen molar-refractivity contribution in [2.24, 2.45) is 23.5 Å². The maximum Gasteiger partial charge on any atom is 0.0701 e. The molecule has 3 heteroatoms. The first kappa shape index (κ1) is 12.6. The summed E-state index contributed by atoms with van der Waals surface area (Å²) in [6.07, 6.45) is 3.96. The summed E-state index contributed by atoms with van der Waals surface area (Å²) in [6, 6.07) is 4.51. The van der Waals surface area contributed by atoms with E-state index in [2.05, 4.69) is 41.9 Å². The molecule has 1 aliphatic rings. The molecule has 90 valence electrons. The first-order chi connectivity index (χ1) is 7.56. The zero-order chi connectivity index (χ0) is 11.7. The van der Waals surface area contributed by atoms with E-state index in [1.807, 2.05) is 0 Å². The van der Waals surface area contributed by atoms with E-state index in [1.165, 1.54) is 27.9 Å². The van der Waals surface area contributed by atoms with Crippen molar-refractivity contribution in [3.63, 3.8) is 0 Å². The van der Waals surface area contributed by atoms with Gasteiger partial charge in [0.25, 0.3) is 0 Å². The Kier molecular flexibility index (Phi) is 4.09. The Balaban J connectivity index is 2.06. The third-order valence-corrected chi connectivity index (χ3v) is 5.37. The summed E-state index contributed by atoms with van der Waals surface area (Å²) in [5.41, 5.74) is 6.40. The van der Waals surface area contributed by atoms with Gasteiger partial charge in [0.1, 0.15) is 0 Å². The predicted molar refractivity (Wildman–Crippen MR) is 74.6 cm³/mol. The number of thiophene rings is 1. The van der Waals surface area contributed by atoms with Crippen LogP contribution in [0.25, 0.3) is 0 Å². The van der Waals surface area contributed by atoms with Gasteiger partial charge in [0.05, 0.1) is 3.79 Å². The van der Waals surface area contributed by atoms with Crippen LogP contribution in [0.2, 0.25) is 0 Å². The molecule has 3 atom stereocenters. The van der Waals surface area contributed by atoms with Crippen molar-refractivity contribution in [2.45, 2.75) is 39.2 Å². The summed E-state index contributed by atoms with van der Waals surface area (Å²) in [4.78, 5) is 1.33. The maximum absolute atomic E-state index is 6.40. The van der Waals surface area contributed by atoms with Crippen LogP contribution >= 0.6 is 27.3 Å². The van der Waals surface area contributed by atoms with Gasteiger partial charge in [-0.1, -0.05) is 13.8 Å². The molecule has 1 nitrogen and oxygen atoms in total. The lowest BCUT2D eigenvalue weighted by atomic mass is 9.74. The molecule has 1 aliphatic carbocycles. The molecule has 1 saturated carbocycles. The van der Waals surface area contributed by atoms with Gasteiger partial charge in [-0.2, -0.15) is 0 Å². The molecule has 2 rings (SSSR count). The Morgan fingerprint density at radius 2 is 1.88 bits per heavy atom. The number of hydrogen-bond acceptors (Lipinski definition) is 2. The highest BCUT2D eigenvalue weighted by molar-refractivity contribution is 9.11. The van der Waals surface area contributed by atoms with Crippen LogP contribution < -0.4 is 5.73 Å². The monoisotopic (exact) mass is 301 g/mol. The SMILES string of the molecule is CC1CC(C)CC(C(N)c2ccc(Br)s2)C1. The molecule has 1 fully saturated rings. The van der Waals surface area contributed by atoms with Crippen molar-refractivity contribution in [2.75, 3.05) is 0 Å². The largest absolute Gasteiger partial charge is 0.323 e. The van der Waals surface area contributed by atoms with Crippen LogP contribution in [-0.4, -0.2) is 0 Å². The minimum Gasteiger partial charge on any atom is -0.323 e. The second-order valence-corrected chi connectivity index (χ2v) is 7.84. The third kappa shape index (κ3) is 2.88. The molecular weight excluding hydrogens is 282 g/mol. The summed E-state index contributed by atoms with van der Waals surface area (Å²) >= 11 is 5.29. The quantitative estimate of drug-likeness (QED) is 0.850. The van der Waals surface area contributed by atoms with Crippen LogP contribution in [0, 0.1) is 17.8 Å². The zero-order valence-corrected chi connectivity index (χ0v) is 12.4. The maximum atomic E-state index is 6.40. The minimum absolute atomic E-state index is 0.237. The van der Waals surface area contributed by atoms with E-state index in [0.29, 0.717) is 5.92 Å². The van der Waals surface area contributed by atoms with Crippen molar-refractivity contribution < 1.29 is 0 Å². The molecule has 3 unspecified atom stereocenters. The highest BCUT2D eigenvalue weighted by atomic mass is 79.9. The van der Waals surface area contributed by atoms with E-state index < -0.39 is 0 Å². The Morgan fingerprint density at radius 1 is 1.25 bits per heavy atom. The van der Waals surface area contributed by atoms with Gasteiger partial charge < -0.3 is 5.73 Å². The second kappa shape index (κ2) is 5.19. The molecule has 16 heavy (non-hydrogen) atoms. The lowest BCUT2D eigenvalue weighted by molar-refractivity contribution is 0.194. The Bertz CT molecular complexity index is 339. The average Bonchev–Trinajstić information content (AvgIpc) is 2.62. The van der Waals surface area contributed by atoms with Crippen molar-refractivity contribution in [3.05, 3.63) is 20.8 Å². The molecule has 0 aromatic carbocycles. The molecule has 0 aliphatic heterocycles. The molecule has 0 spiro atoms. The van der Waals surface area contributed by atoms with Crippen molar-refractivity contribution in [3.8, 4) is 0 Å². The zero-order valence-electron chi connectivity index (χ0n) is 9.95. The fourth-order valence-corrected chi connectivity index (χ4v) is 4.56. The van der Waals surface area contributed by atoms with Crippen molar-refractivity contribution >= 4 is 27.3 Å². The van der Waals surface area contributed by atoms with Gasteiger partial charge in [-0.25, -0.2) is 0 Å². The van der Waals surface area contributed by atoms with Gasteiger partial charge in [-0.15, -0.1) is 11.3 Å². The van der Waals surface area contributed by atoms with E-state index in [1.54, 1.807) is 11.3 Å². The van der Waals surface area contributed by atoms with E-state index in [-0.39, 0.29) is 6.04 Å². The topological polar surface area (TPSA) is 26.0 Å². The molecule has 0 radical (unpaired) electrons. The number of halogens is 1. The molecular formula is C13H20BrNS. The van der Waals surface area contributed by atoms with Crippen LogP contribution in [0.3, 0.4) is 0 Å². The highest BCUT2D eigenvalue weighted by Gasteiger charge is 2.29. The first-order valence-corrected chi connectivity index (χ1v) is 7.68. The number of hydrogen-bond donors (Lipinski definition) is 1. The molecule has 2 N–H and O–H groups in total. The van der Waals surface area contributed by atoms with E-state index in [9.17, 15) is 0 Å². The second-order valence-electron chi connectivity index (χ2n) is 5.35. The Hall–Kier alpha value is 0.140. The average molecular weight is 302 g/mol. The summed E-state index contributed by atoms with van der Waals surface area (Å²) in [5, 5.41) is 0. The van der Waals surface area contributed by atoms with Gasteiger partial charge in [-0.05, 0) is 65.1 Å². The van der Waals surface area contributed by atoms with Gasteiger partial charge >= 0.3 is 0 Å².